The molecular weight excluding hydrogens is 278 g/mol. The zero-order valence-corrected chi connectivity index (χ0v) is 13.9. The summed E-state index contributed by atoms with van der Waals surface area (Å²) in [5, 5.41) is 12.4. The number of carbonyl (C=O) groups is 2. The van der Waals surface area contributed by atoms with E-state index in [1.54, 1.807) is 13.1 Å². The van der Waals surface area contributed by atoms with Crippen LogP contribution in [0.4, 0.5) is 5.82 Å². The summed E-state index contributed by atoms with van der Waals surface area (Å²) in [6.07, 6.45) is 2.74. The highest BCUT2D eigenvalue weighted by molar-refractivity contribution is 6.04. The van der Waals surface area contributed by atoms with Crippen LogP contribution in [0.5, 0.6) is 0 Å². The number of nitrogens with zero attached hydrogens (tertiary/aromatic N) is 2. The number of hydrogen-bond acceptors (Lipinski definition) is 3. The van der Waals surface area contributed by atoms with Gasteiger partial charge in [-0.3, -0.25) is 9.59 Å². The number of nitriles is 1. The fourth-order valence-electron chi connectivity index (χ4n) is 3.34. The second-order valence-electron chi connectivity index (χ2n) is 6.86. The van der Waals surface area contributed by atoms with Crippen LogP contribution in [0.25, 0.3) is 0 Å². The van der Waals surface area contributed by atoms with Crippen LogP contribution < -0.4 is 5.32 Å². The van der Waals surface area contributed by atoms with Gasteiger partial charge in [-0.05, 0) is 27.2 Å². The number of anilines is 1. The minimum atomic E-state index is -0.881. The largest absolute Gasteiger partial charge is 0.328 e. The van der Waals surface area contributed by atoms with Gasteiger partial charge < -0.3 is 9.88 Å². The van der Waals surface area contributed by atoms with Gasteiger partial charge >= 0.3 is 0 Å². The lowest BCUT2D eigenvalue weighted by Crippen LogP contribution is -2.44. The monoisotopic (exact) mass is 301 g/mol. The molecule has 0 aromatic carbocycles. The van der Waals surface area contributed by atoms with E-state index in [1.807, 2.05) is 32.3 Å². The van der Waals surface area contributed by atoms with E-state index in [2.05, 4.69) is 11.4 Å². The third-order valence-corrected chi connectivity index (χ3v) is 4.51. The lowest BCUT2D eigenvalue weighted by molar-refractivity contribution is -0.129. The molecule has 118 valence electrons. The Labute approximate surface area is 131 Å². The molecule has 0 saturated carbocycles. The fraction of sp³-hybridized carbons (Fsp3) is 0.588. The van der Waals surface area contributed by atoms with Gasteiger partial charge in [0, 0.05) is 30.1 Å². The van der Waals surface area contributed by atoms with Crippen molar-refractivity contribution in [2.45, 2.75) is 64.8 Å². The zero-order chi connectivity index (χ0) is 16.7. The lowest BCUT2D eigenvalue weighted by atomic mass is 9.69. The van der Waals surface area contributed by atoms with Gasteiger partial charge in [0.1, 0.15) is 17.7 Å². The number of aromatic nitrogens is 1. The molecule has 0 unspecified atom stereocenters. The minimum Gasteiger partial charge on any atom is -0.328 e. The molecule has 0 fully saturated rings. The van der Waals surface area contributed by atoms with E-state index < -0.39 is 5.41 Å². The third-order valence-electron chi connectivity index (χ3n) is 4.51. The van der Waals surface area contributed by atoms with Gasteiger partial charge in [-0.2, -0.15) is 5.26 Å². The van der Waals surface area contributed by atoms with Gasteiger partial charge in [-0.1, -0.05) is 13.8 Å². The third kappa shape index (κ3) is 2.23. The molecule has 5 nitrogen and oxygen atoms in total. The van der Waals surface area contributed by atoms with Crippen LogP contribution in [0.1, 0.15) is 65.0 Å². The number of fused-ring (bicyclic) bond motifs is 1. The van der Waals surface area contributed by atoms with Crippen molar-refractivity contribution in [3.05, 3.63) is 17.3 Å². The normalized spacial score (nSPS) is 21.0. The Balaban J connectivity index is 2.84. The van der Waals surface area contributed by atoms with Gasteiger partial charge in [-0.15, -0.1) is 0 Å². The first-order valence-electron chi connectivity index (χ1n) is 7.70. The van der Waals surface area contributed by atoms with Gasteiger partial charge in [-0.25, -0.2) is 0 Å². The average Bonchev–Trinajstić information content (AvgIpc) is 2.84. The molecule has 0 saturated heterocycles. The maximum atomic E-state index is 12.7. The molecule has 2 rings (SSSR count). The zero-order valence-electron chi connectivity index (χ0n) is 13.9. The maximum Gasteiger partial charge on any atom is 0.226 e. The van der Waals surface area contributed by atoms with Gasteiger partial charge in [0.2, 0.25) is 5.91 Å². The average molecular weight is 301 g/mol. The summed E-state index contributed by atoms with van der Waals surface area (Å²) in [6.45, 7) is 9.73. The van der Waals surface area contributed by atoms with Crippen LogP contribution in [-0.2, 0) is 20.5 Å². The first kappa shape index (κ1) is 16.3. The first-order valence-corrected chi connectivity index (χ1v) is 7.70. The molecule has 0 spiro atoms. The molecule has 1 aliphatic heterocycles. The smallest absolute Gasteiger partial charge is 0.226 e. The Bertz CT molecular complexity index is 673. The minimum absolute atomic E-state index is 0.0225. The van der Waals surface area contributed by atoms with Crippen molar-refractivity contribution < 1.29 is 9.59 Å². The Morgan fingerprint density at radius 2 is 2.09 bits per heavy atom. The standard InChI is InChI=1S/C17H23N3O2/c1-6-12(21)17(7-2)8-13(22)19-15-14(17)11(9-18)10-20(15)16(3,4)5/h10H,6-8H2,1-5H3,(H,19,22)/t17-/m0/s1. The molecule has 1 aliphatic rings. The number of rotatable bonds is 3. The van der Waals surface area contributed by atoms with E-state index in [4.69, 9.17) is 0 Å². The molecule has 5 heteroatoms. The molecular formula is C17H23N3O2. The molecule has 1 aromatic heterocycles. The number of hydrogen-bond donors (Lipinski definition) is 1. The molecule has 0 bridgehead atoms. The van der Waals surface area contributed by atoms with Crippen molar-refractivity contribution in [2.24, 2.45) is 0 Å². The fourth-order valence-corrected chi connectivity index (χ4v) is 3.34. The summed E-state index contributed by atoms with van der Waals surface area (Å²) in [7, 11) is 0. The highest BCUT2D eigenvalue weighted by Gasteiger charge is 2.47. The Hall–Kier alpha value is -2.09. The molecule has 2 heterocycles. The topological polar surface area (TPSA) is 74.9 Å². The van der Waals surface area contributed by atoms with Crippen LogP contribution >= 0.6 is 0 Å². The molecule has 1 atom stereocenters. The number of ketones is 1. The molecule has 0 aliphatic carbocycles. The van der Waals surface area contributed by atoms with Crippen molar-refractivity contribution >= 4 is 17.5 Å². The van der Waals surface area contributed by atoms with E-state index in [0.29, 0.717) is 29.8 Å². The first-order chi connectivity index (χ1) is 10.2. The van der Waals surface area contributed by atoms with E-state index in [-0.39, 0.29) is 23.7 Å². The highest BCUT2D eigenvalue weighted by Crippen LogP contribution is 2.46. The second-order valence-corrected chi connectivity index (χ2v) is 6.86. The van der Waals surface area contributed by atoms with Crippen molar-refractivity contribution in [3.8, 4) is 6.07 Å². The Morgan fingerprint density at radius 1 is 1.45 bits per heavy atom. The summed E-state index contributed by atoms with van der Waals surface area (Å²) in [6, 6.07) is 2.21. The number of nitrogens with one attached hydrogen (secondary N) is 1. The van der Waals surface area contributed by atoms with Gasteiger partial charge in [0.25, 0.3) is 0 Å². The predicted octanol–water partition coefficient (Wildman–Crippen LogP) is 3.08. The summed E-state index contributed by atoms with van der Waals surface area (Å²) in [4.78, 5) is 24.9. The van der Waals surface area contributed by atoms with Crippen LogP contribution in [0.2, 0.25) is 0 Å². The summed E-state index contributed by atoms with van der Waals surface area (Å²) in [5.74, 6) is 0.461. The van der Waals surface area contributed by atoms with Crippen LogP contribution in [-0.4, -0.2) is 16.3 Å². The predicted molar refractivity (Wildman–Crippen MR) is 84.7 cm³/mol. The van der Waals surface area contributed by atoms with E-state index in [1.165, 1.54) is 0 Å². The highest BCUT2D eigenvalue weighted by atomic mass is 16.2. The van der Waals surface area contributed by atoms with Crippen molar-refractivity contribution in [1.82, 2.24) is 4.57 Å². The maximum absolute atomic E-state index is 12.7. The van der Waals surface area contributed by atoms with Gasteiger partial charge in [0.05, 0.1) is 11.0 Å². The van der Waals surface area contributed by atoms with E-state index >= 15 is 0 Å². The molecule has 1 amide bonds. The van der Waals surface area contributed by atoms with Gasteiger partial charge in [0.15, 0.2) is 0 Å². The molecule has 22 heavy (non-hydrogen) atoms. The number of carbonyl (C=O) groups excluding carboxylic acids is 2. The lowest BCUT2D eigenvalue weighted by Gasteiger charge is -2.37. The van der Waals surface area contributed by atoms with Crippen molar-refractivity contribution in [3.63, 3.8) is 0 Å². The summed E-state index contributed by atoms with van der Waals surface area (Å²) >= 11 is 0. The number of Topliss-reactive ketones (excluding diaryl/α,β-unsaturated/α-hetero) is 1. The molecule has 0 radical (unpaired) electrons. The summed E-state index contributed by atoms with van der Waals surface area (Å²) in [5.41, 5.74) is -0.000516. The quantitative estimate of drug-likeness (QED) is 0.932. The van der Waals surface area contributed by atoms with Crippen molar-refractivity contribution in [1.29, 1.82) is 5.26 Å². The molecule has 1 N–H and O–H groups in total. The second kappa shape index (κ2) is 5.28. The van der Waals surface area contributed by atoms with E-state index in [9.17, 15) is 14.9 Å². The number of amides is 1. The SMILES string of the molecule is CCC(=O)[C@]1(CC)CC(=O)Nc2c1c(C#N)cn2C(C)(C)C. The van der Waals surface area contributed by atoms with Crippen LogP contribution in [0.15, 0.2) is 6.20 Å². The van der Waals surface area contributed by atoms with E-state index in [0.717, 1.165) is 0 Å². The molecule has 1 aromatic rings. The van der Waals surface area contributed by atoms with Crippen LogP contribution in [0.3, 0.4) is 0 Å². The van der Waals surface area contributed by atoms with Crippen LogP contribution in [0, 0.1) is 11.3 Å². The Morgan fingerprint density at radius 3 is 2.55 bits per heavy atom. The van der Waals surface area contributed by atoms with Crippen molar-refractivity contribution in [2.75, 3.05) is 5.32 Å². The summed E-state index contributed by atoms with van der Waals surface area (Å²) < 4.78 is 1.89. The Kier molecular flexibility index (Phi) is 3.90.